The highest BCUT2D eigenvalue weighted by Crippen LogP contribution is 2.27. The minimum atomic E-state index is 0.811. The number of benzene rings is 1. The Labute approximate surface area is 95.6 Å². The first-order valence-corrected chi connectivity index (χ1v) is 6.01. The molecule has 0 saturated heterocycles. The minimum Gasteiger partial charge on any atom is -0.247 e. The van der Waals surface area contributed by atoms with Crippen molar-refractivity contribution in [3.63, 3.8) is 0 Å². The van der Waals surface area contributed by atoms with E-state index in [9.17, 15) is 0 Å². The molecule has 1 aromatic carbocycles. The fourth-order valence-corrected chi connectivity index (χ4v) is 2.30. The van der Waals surface area contributed by atoms with Gasteiger partial charge in [-0.05, 0) is 42.6 Å². The van der Waals surface area contributed by atoms with Gasteiger partial charge in [-0.3, -0.25) is 0 Å². The van der Waals surface area contributed by atoms with E-state index in [1.807, 2.05) is 12.1 Å². The second-order valence-corrected chi connectivity index (χ2v) is 4.69. The van der Waals surface area contributed by atoms with Crippen molar-refractivity contribution in [1.29, 1.82) is 0 Å². The molecule has 0 unspecified atom stereocenters. The number of aryl methyl sites for hydroxylation is 1. The van der Waals surface area contributed by atoms with Crippen LogP contribution in [0.1, 0.15) is 19.4 Å². The third kappa shape index (κ3) is 3.19. The summed E-state index contributed by atoms with van der Waals surface area (Å²) >= 11 is 7.70. The molecule has 0 aromatic heterocycles. The van der Waals surface area contributed by atoms with E-state index in [1.165, 1.54) is 10.5 Å². The lowest BCUT2D eigenvalue weighted by molar-refractivity contribution is 0.524. The van der Waals surface area contributed by atoms with Crippen LogP contribution in [0.5, 0.6) is 0 Å². The van der Waals surface area contributed by atoms with Gasteiger partial charge in [0.25, 0.3) is 0 Å². The van der Waals surface area contributed by atoms with Gasteiger partial charge in [0.15, 0.2) is 0 Å². The van der Waals surface area contributed by atoms with Gasteiger partial charge >= 0.3 is 0 Å². The zero-order valence-electron chi connectivity index (χ0n) is 8.88. The first kappa shape index (κ1) is 11.9. The standard InChI is InChI=1S/C11H16ClNS/c1-4-13(5-2)14-11-7-6-10(12)8-9(11)3/h6-8H,4-5H2,1-3H3. The van der Waals surface area contributed by atoms with Crippen LogP contribution in [0.3, 0.4) is 0 Å². The molecule has 78 valence electrons. The monoisotopic (exact) mass is 229 g/mol. The maximum Gasteiger partial charge on any atom is 0.0409 e. The number of nitrogens with zero attached hydrogens (tertiary/aromatic N) is 1. The lowest BCUT2D eigenvalue weighted by Crippen LogP contribution is -2.13. The van der Waals surface area contributed by atoms with E-state index in [-0.39, 0.29) is 0 Å². The SMILES string of the molecule is CCN(CC)Sc1ccc(Cl)cc1C. The van der Waals surface area contributed by atoms with Crippen LogP contribution in [0.2, 0.25) is 5.02 Å². The Morgan fingerprint density at radius 1 is 1.29 bits per heavy atom. The summed E-state index contributed by atoms with van der Waals surface area (Å²) in [5, 5.41) is 0.811. The summed E-state index contributed by atoms with van der Waals surface area (Å²) in [7, 11) is 0. The lowest BCUT2D eigenvalue weighted by atomic mass is 10.2. The molecule has 0 amide bonds. The quantitative estimate of drug-likeness (QED) is 0.719. The van der Waals surface area contributed by atoms with Crippen molar-refractivity contribution in [1.82, 2.24) is 4.31 Å². The van der Waals surface area contributed by atoms with Gasteiger partial charge in [0.1, 0.15) is 0 Å². The highest BCUT2D eigenvalue weighted by molar-refractivity contribution is 7.97. The number of hydrogen-bond donors (Lipinski definition) is 0. The molecular formula is C11H16ClNS. The van der Waals surface area contributed by atoms with E-state index in [4.69, 9.17) is 11.6 Å². The zero-order chi connectivity index (χ0) is 10.6. The van der Waals surface area contributed by atoms with Crippen molar-refractivity contribution in [3.05, 3.63) is 28.8 Å². The largest absolute Gasteiger partial charge is 0.247 e. The van der Waals surface area contributed by atoms with Crippen LogP contribution >= 0.6 is 23.5 Å². The maximum atomic E-state index is 5.90. The summed E-state index contributed by atoms with van der Waals surface area (Å²) in [5.41, 5.74) is 1.24. The Kier molecular flexibility index (Phi) is 4.79. The molecular weight excluding hydrogens is 214 g/mol. The molecule has 0 bridgehead atoms. The van der Waals surface area contributed by atoms with Crippen molar-refractivity contribution in [2.75, 3.05) is 13.1 Å². The van der Waals surface area contributed by atoms with E-state index < -0.39 is 0 Å². The highest BCUT2D eigenvalue weighted by Gasteiger charge is 2.04. The molecule has 0 N–H and O–H groups in total. The van der Waals surface area contributed by atoms with Crippen molar-refractivity contribution >= 4 is 23.5 Å². The molecule has 0 heterocycles. The Bertz CT molecular complexity index is 297. The molecule has 0 aliphatic carbocycles. The van der Waals surface area contributed by atoms with Crippen LogP contribution in [0, 0.1) is 6.92 Å². The summed E-state index contributed by atoms with van der Waals surface area (Å²) in [4.78, 5) is 1.29. The Hall–Kier alpha value is -0.180. The van der Waals surface area contributed by atoms with Gasteiger partial charge in [0, 0.05) is 23.0 Å². The van der Waals surface area contributed by atoms with Crippen molar-refractivity contribution < 1.29 is 0 Å². The van der Waals surface area contributed by atoms with Gasteiger partial charge in [-0.2, -0.15) is 0 Å². The predicted octanol–water partition coefficient (Wildman–Crippen LogP) is 4.00. The fraction of sp³-hybridized carbons (Fsp3) is 0.455. The first-order valence-electron chi connectivity index (χ1n) is 4.86. The van der Waals surface area contributed by atoms with E-state index in [0.29, 0.717) is 0 Å². The van der Waals surface area contributed by atoms with E-state index in [1.54, 1.807) is 11.9 Å². The van der Waals surface area contributed by atoms with Gasteiger partial charge in [-0.1, -0.05) is 25.4 Å². The molecule has 0 atom stereocenters. The number of halogens is 1. The third-order valence-electron chi connectivity index (χ3n) is 2.07. The topological polar surface area (TPSA) is 3.24 Å². The van der Waals surface area contributed by atoms with Crippen LogP contribution in [0.25, 0.3) is 0 Å². The van der Waals surface area contributed by atoms with Gasteiger partial charge in [-0.15, -0.1) is 0 Å². The molecule has 0 saturated carbocycles. The smallest absolute Gasteiger partial charge is 0.0409 e. The summed E-state index contributed by atoms with van der Waals surface area (Å²) in [6.07, 6.45) is 0. The second kappa shape index (κ2) is 5.64. The van der Waals surface area contributed by atoms with Gasteiger partial charge < -0.3 is 0 Å². The maximum absolute atomic E-state index is 5.90. The molecule has 0 aliphatic heterocycles. The van der Waals surface area contributed by atoms with E-state index >= 15 is 0 Å². The molecule has 1 rings (SSSR count). The highest BCUT2D eigenvalue weighted by atomic mass is 35.5. The van der Waals surface area contributed by atoms with Crippen LogP contribution in [0.15, 0.2) is 23.1 Å². The summed E-state index contributed by atoms with van der Waals surface area (Å²) in [6, 6.07) is 6.04. The molecule has 3 heteroatoms. The number of rotatable bonds is 4. The Morgan fingerprint density at radius 3 is 2.43 bits per heavy atom. The minimum absolute atomic E-state index is 0.811. The average molecular weight is 230 g/mol. The summed E-state index contributed by atoms with van der Waals surface area (Å²) in [5.74, 6) is 0. The molecule has 0 fully saturated rings. The van der Waals surface area contributed by atoms with Crippen LogP contribution in [-0.4, -0.2) is 17.4 Å². The molecule has 0 aliphatic rings. The Morgan fingerprint density at radius 2 is 1.93 bits per heavy atom. The average Bonchev–Trinajstić information content (AvgIpc) is 2.17. The van der Waals surface area contributed by atoms with Crippen molar-refractivity contribution in [3.8, 4) is 0 Å². The molecule has 1 nitrogen and oxygen atoms in total. The van der Waals surface area contributed by atoms with Crippen molar-refractivity contribution in [2.45, 2.75) is 25.7 Å². The van der Waals surface area contributed by atoms with E-state index in [2.05, 4.69) is 31.1 Å². The second-order valence-electron chi connectivity index (χ2n) is 3.12. The van der Waals surface area contributed by atoms with Gasteiger partial charge in [0.05, 0.1) is 0 Å². The summed E-state index contributed by atoms with van der Waals surface area (Å²) < 4.78 is 2.32. The van der Waals surface area contributed by atoms with Crippen LogP contribution in [0.4, 0.5) is 0 Å². The normalized spacial score (nSPS) is 10.9. The van der Waals surface area contributed by atoms with Crippen molar-refractivity contribution in [2.24, 2.45) is 0 Å². The lowest BCUT2D eigenvalue weighted by Gasteiger charge is -2.17. The van der Waals surface area contributed by atoms with Crippen LogP contribution in [-0.2, 0) is 0 Å². The van der Waals surface area contributed by atoms with E-state index in [0.717, 1.165) is 18.1 Å². The zero-order valence-corrected chi connectivity index (χ0v) is 10.5. The third-order valence-corrected chi connectivity index (χ3v) is 3.73. The van der Waals surface area contributed by atoms with Gasteiger partial charge in [-0.25, -0.2) is 4.31 Å². The van der Waals surface area contributed by atoms with Gasteiger partial charge in [0.2, 0.25) is 0 Å². The predicted molar refractivity (Wildman–Crippen MR) is 65.0 cm³/mol. The fourth-order valence-electron chi connectivity index (χ4n) is 1.21. The summed E-state index contributed by atoms with van der Waals surface area (Å²) in [6.45, 7) is 8.55. The molecule has 0 radical (unpaired) electrons. The first-order chi connectivity index (χ1) is 6.67. The molecule has 14 heavy (non-hydrogen) atoms. The van der Waals surface area contributed by atoms with Crippen LogP contribution < -0.4 is 0 Å². The Balaban J connectivity index is 2.76. The molecule has 1 aromatic rings. The number of hydrogen-bond acceptors (Lipinski definition) is 2. The molecule has 0 spiro atoms.